The van der Waals surface area contributed by atoms with E-state index in [-0.39, 0.29) is 5.91 Å². The van der Waals surface area contributed by atoms with Crippen LogP contribution in [0.3, 0.4) is 0 Å². The van der Waals surface area contributed by atoms with Crippen LogP contribution in [0.1, 0.15) is 12.0 Å². The number of carbonyl (C=O) groups is 1. The van der Waals surface area contributed by atoms with Crippen LogP contribution in [-0.4, -0.2) is 55.9 Å². The van der Waals surface area contributed by atoms with Crippen molar-refractivity contribution in [2.24, 2.45) is 5.16 Å². The molecule has 1 fully saturated rings. The Morgan fingerprint density at radius 2 is 1.97 bits per heavy atom. The van der Waals surface area contributed by atoms with Crippen LogP contribution in [0.5, 0.6) is 5.75 Å². The molecule has 0 spiro atoms. The second-order valence-corrected chi connectivity index (χ2v) is 7.65. The van der Waals surface area contributed by atoms with Gasteiger partial charge in [0.25, 0.3) is 5.91 Å². The molecule has 152 valence electrons. The number of carbonyl (C=O) groups excluding carboxylic acids is 1. The predicted octanol–water partition coefficient (Wildman–Crippen LogP) is 3.38. The molecule has 2 aromatic carbocycles. The van der Waals surface area contributed by atoms with E-state index in [4.69, 9.17) is 21.2 Å². The lowest BCUT2D eigenvalue weighted by atomic mass is 10.0. The van der Waals surface area contributed by atoms with Crippen LogP contribution in [-0.2, 0) is 16.1 Å². The molecule has 2 aliphatic heterocycles. The van der Waals surface area contributed by atoms with E-state index in [2.05, 4.69) is 10.1 Å². The number of piperazine rings is 1. The van der Waals surface area contributed by atoms with Crippen LogP contribution in [0, 0.1) is 0 Å². The fourth-order valence-corrected chi connectivity index (χ4v) is 4.02. The Bertz CT molecular complexity index is 910. The number of hydrogen-bond donors (Lipinski definition) is 0. The molecule has 0 aliphatic carbocycles. The van der Waals surface area contributed by atoms with Crippen molar-refractivity contribution in [1.29, 1.82) is 0 Å². The van der Waals surface area contributed by atoms with Crippen molar-refractivity contribution in [3.05, 3.63) is 59.1 Å². The number of oxime groups is 1. The lowest BCUT2D eigenvalue weighted by Gasteiger charge is -2.37. The Morgan fingerprint density at radius 3 is 2.72 bits per heavy atom. The van der Waals surface area contributed by atoms with Crippen molar-refractivity contribution in [2.75, 3.05) is 38.2 Å². The van der Waals surface area contributed by atoms with Gasteiger partial charge in [0.2, 0.25) is 6.10 Å². The van der Waals surface area contributed by atoms with Gasteiger partial charge in [-0.05, 0) is 29.8 Å². The molecule has 4 rings (SSSR count). The summed E-state index contributed by atoms with van der Waals surface area (Å²) in [6, 6.07) is 15.7. The maximum absolute atomic E-state index is 12.9. The van der Waals surface area contributed by atoms with E-state index in [0.29, 0.717) is 25.9 Å². The molecular weight excluding hydrogens is 390 g/mol. The van der Waals surface area contributed by atoms with E-state index in [1.807, 2.05) is 53.4 Å². The second-order valence-electron chi connectivity index (χ2n) is 7.25. The first-order chi connectivity index (χ1) is 14.1. The number of halogens is 1. The molecule has 0 saturated carbocycles. The first-order valence-electron chi connectivity index (χ1n) is 9.77. The molecule has 1 saturated heterocycles. The average Bonchev–Trinajstić information content (AvgIpc) is 3.22. The zero-order valence-electron chi connectivity index (χ0n) is 16.4. The van der Waals surface area contributed by atoms with Crippen LogP contribution in [0.4, 0.5) is 5.69 Å². The number of anilines is 1. The number of nitrogens with zero attached hydrogens (tertiary/aromatic N) is 3. The zero-order valence-corrected chi connectivity index (χ0v) is 17.1. The standard InChI is InChI=1S/C22H24ClN3O3/c1-28-18-6-4-5-16(14-18)13-17-15-21(29-24-17)22(27)26-11-9-25(10-12-26)20-8-3-2-7-19(20)23/h2-8,14,21H,9-13,15H2,1H3. The number of benzene rings is 2. The monoisotopic (exact) mass is 413 g/mol. The summed E-state index contributed by atoms with van der Waals surface area (Å²) in [7, 11) is 1.65. The highest BCUT2D eigenvalue weighted by Crippen LogP contribution is 2.26. The number of rotatable bonds is 5. The van der Waals surface area contributed by atoms with E-state index in [0.717, 1.165) is 40.8 Å². The lowest BCUT2D eigenvalue weighted by molar-refractivity contribution is -0.142. The van der Waals surface area contributed by atoms with Crippen molar-refractivity contribution in [3.8, 4) is 5.75 Å². The Kier molecular flexibility index (Phi) is 5.90. The van der Waals surface area contributed by atoms with Gasteiger partial charge < -0.3 is 19.4 Å². The maximum atomic E-state index is 12.9. The minimum atomic E-state index is -0.525. The molecule has 0 N–H and O–H groups in total. The molecule has 2 heterocycles. The van der Waals surface area contributed by atoms with Gasteiger partial charge in [0.05, 0.1) is 23.5 Å². The molecule has 1 atom stereocenters. The molecule has 0 radical (unpaired) electrons. The average molecular weight is 414 g/mol. The fraction of sp³-hybridized carbons (Fsp3) is 0.364. The van der Waals surface area contributed by atoms with Crippen LogP contribution >= 0.6 is 11.6 Å². The van der Waals surface area contributed by atoms with Crippen LogP contribution in [0.15, 0.2) is 53.7 Å². The Balaban J connectivity index is 1.29. The maximum Gasteiger partial charge on any atom is 0.267 e. The predicted molar refractivity (Wildman–Crippen MR) is 114 cm³/mol. The lowest BCUT2D eigenvalue weighted by Crippen LogP contribution is -2.51. The second kappa shape index (κ2) is 8.74. The van der Waals surface area contributed by atoms with Gasteiger partial charge in [-0.1, -0.05) is 41.0 Å². The number of amides is 1. The first kappa shape index (κ1) is 19.6. The van der Waals surface area contributed by atoms with Crippen LogP contribution in [0.2, 0.25) is 5.02 Å². The normalized spacial score (nSPS) is 19.0. The van der Waals surface area contributed by atoms with Gasteiger partial charge in [0.15, 0.2) is 0 Å². The van der Waals surface area contributed by atoms with Gasteiger partial charge in [0, 0.05) is 39.0 Å². The summed E-state index contributed by atoms with van der Waals surface area (Å²) in [4.78, 5) is 22.4. The number of ether oxygens (including phenoxy) is 1. The SMILES string of the molecule is COc1cccc(CC2=NOC(C(=O)N3CCN(c4ccccc4Cl)CC3)C2)c1. The summed E-state index contributed by atoms with van der Waals surface area (Å²) in [5.41, 5.74) is 2.99. The summed E-state index contributed by atoms with van der Waals surface area (Å²) in [6.45, 7) is 2.80. The van der Waals surface area contributed by atoms with Gasteiger partial charge in [-0.25, -0.2) is 0 Å². The molecular formula is C22H24ClN3O3. The van der Waals surface area contributed by atoms with Crippen molar-refractivity contribution in [3.63, 3.8) is 0 Å². The molecule has 2 aliphatic rings. The Hall–Kier alpha value is -2.73. The summed E-state index contributed by atoms with van der Waals surface area (Å²) in [5.74, 6) is 0.819. The van der Waals surface area contributed by atoms with E-state index in [1.165, 1.54) is 0 Å². The zero-order chi connectivity index (χ0) is 20.2. The third-order valence-electron chi connectivity index (χ3n) is 5.33. The van der Waals surface area contributed by atoms with Crippen molar-refractivity contribution in [1.82, 2.24) is 4.90 Å². The highest BCUT2D eigenvalue weighted by atomic mass is 35.5. The third-order valence-corrected chi connectivity index (χ3v) is 5.65. The van der Waals surface area contributed by atoms with E-state index >= 15 is 0 Å². The Morgan fingerprint density at radius 1 is 1.17 bits per heavy atom. The smallest absolute Gasteiger partial charge is 0.267 e. The molecule has 0 aromatic heterocycles. The summed E-state index contributed by atoms with van der Waals surface area (Å²) in [5, 5.41) is 4.90. The molecule has 6 nitrogen and oxygen atoms in total. The Labute approximate surface area is 175 Å². The topological polar surface area (TPSA) is 54.4 Å². The molecule has 0 bridgehead atoms. The highest BCUT2D eigenvalue weighted by Gasteiger charge is 2.33. The van der Waals surface area contributed by atoms with Gasteiger partial charge in [-0.3, -0.25) is 4.79 Å². The molecule has 2 aromatic rings. The largest absolute Gasteiger partial charge is 0.497 e. The van der Waals surface area contributed by atoms with Gasteiger partial charge in [0.1, 0.15) is 5.75 Å². The molecule has 1 amide bonds. The van der Waals surface area contributed by atoms with Crippen molar-refractivity contribution >= 4 is 28.9 Å². The van der Waals surface area contributed by atoms with Gasteiger partial charge >= 0.3 is 0 Å². The minimum absolute atomic E-state index is 0.00759. The van der Waals surface area contributed by atoms with Gasteiger partial charge in [-0.2, -0.15) is 0 Å². The highest BCUT2D eigenvalue weighted by molar-refractivity contribution is 6.33. The van der Waals surface area contributed by atoms with E-state index in [9.17, 15) is 4.79 Å². The van der Waals surface area contributed by atoms with Crippen molar-refractivity contribution in [2.45, 2.75) is 18.9 Å². The molecule has 7 heteroatoms. The molecule has 29 heavy (non-hydrogen) atoms. The third kappa shape index (κ3) is 4.48. The fourth-order valence-electron chi connectivity index (χ4n) is 3.76. The summed E-state index contributed by atoms with van der Waals surface area (Å²) < 4.78 is 5.26. The number of para-hydroxylation sites is 1. The minimum Gasteiger partial charge on any atom is -0.497 e. The summed E-state index contributed by atoms with van der Waals surface area (Å²) in [6.07, 6.45) is 0.657. The van der Waals surface area contributed by atoms with E-state index in [1.54, 1.807) is 7.11 Å². The molecule has 1 unspecified atom stereocenters. The summed E-state index contributed by atoms with van der Waals surface area (Å²) >= 11 is 6.30. The first-order valence-corrected chi connectivity index (χ1v) is 10.1. The number of hydrogen-bond acceptors (Lipinski definition) is 5. The quantitative estimate of drug-likeness (QED) is 0.754. The number of methoxy groups -OCH3 is 1. The van der Waals surface area contributed by atoms with Crippen LogP contribution < -0.4 is 9.64 Å². The van der Waals surface area contributed by atoms with Crippen LogP contribution in [0.25, 0.3) is 0 Å². The van der Waals surface area contributed by atoms with Crippen molar-refractivity contribution < 1.29 is 14.4 Å². The van der Waals surface area contributed by atoms with E-state index < -0.39 is 6.10 Å². The van der Waals surface area contributed by atoms with Gasteiger partial charge in [-0.15, -0.1) is 0 Å².